The number of hydrogen-bond acceptors (Lipinski definition) is 2. The van der Waals surface area contributed by atoms with Crippen LogP contribution in [0.4, 0.5) is 0 Å². The highest BCUT2D eigenvalue weighted by Gasteiger charge is 2.15. The Hall–Kier alpha value is -0.410. The smallest absolute Gasteiger partial charge is 0.106 e. The topological polar surface area (TPSA) is 16.1 Å². The van der Waals surface area contributed by atoms with Crippen molar-refractivity contribution in [2.75, 3.05) is 7.05 Å². The fraction of sp³-hybridized carbons (Fsp3) is 0.375. The maximum absolute atomic E-state index is 4.38. The van der Waals surface area contributed by atoms with Crippen molar-refractivity contribution in [3.05, 3.63) is 28.0 Å². The van der Waals surface area contributed by atoms with Crippen molar-refractivity contribution >= 4 is 15.9 Å². The number of hydrogen-bond donors (Lipinski definition) is 0. The summed E-state index contributed by atoms with van der Waals surface area (Å²) in [6, 6.07) is 4.13. The normalized spacial score (nSPS) is 16.9. The summed E-state index contributed by atoms with van der Waals surface area (Å²) in [6.07, 6.45) is 0. The molecular formula is C8H9BrN2. The van der Waals surface area contributed by atoms with Crippen molar-refractivity contribution in [2.24, 2.45) is 0 Å². The summed E-state index contributed by atoms with van der Waals surface area (Å²) in [5, 5.41) is 0. The van der Waals surface area contributed by atoms with Gasteiger partial charge in [-0.2, -0.15) is 0 Å². The third-order valence-electron chi connectivity index (χ3n) is 1.89. The lowest BCUT2D eigenvalue weighted by atomic mass is 10.2. The quantitative estimate of drug-likeness (QED) is 0.610. The van der Waals surface area contributed by atoms with Gasteiger partial charge in [-0.1, -0.05) is 6.07 Å². The molecule has 1 aliphatic heterocycles. The van der Waals surface area contributed by atoms with Crippen LogP contribution in [0, 0.1) is 0 Å². The lowest BCUT2D eigenvalue weighted by Crippen LogP contribution is -2.07. The highest BCUT2D eigenvalue weighted by Crippen LogP contribution is 2.20. The summed E-state index contributed by atoms with van der Waals surface area (Å²) in [5.41, 5.74) is 2.57. The Morgan fingerprint density at radius 2 is 2.27 bits per heavy atom. The number of halogens is 1. The van der Waals surface area contributed by atoms with Crippen LogP contribution in [0.25, 0.3) is 0 Å². The summed E-state index contributed by atoms with van der Waals surface area (Å²) in [6.45, 7) is 2.02. The van der Waals surface area contributed by atoms with Gasteiger partial charge in [0.15, 0.2) is 0 Å². The molecule has 1 aromatic heterocycles. The average Bonchev–Trinajstić information content (AvgIpc) is 2.27. The Kier molecular flexibility index (Phi) is 1.69. The zero-order chi connectivity index (χ0) is 7.84. The van der Waals surface area contributed by atoms with Gasteiger partial charge in [-0.05, 0) is 34.6 Å². The lowest BCUT2D eigenvalue weighted by molar-refractivity contribution is 0.351. The lowest BCUT2D eigenvalue weighted by Gasteiger charge is -2.01. The number of fused-ring (bicyclic) bond motifs is 1. The zero-order valence-corrected chi connectivity index (χ0v) is 7.93. The molecule has 0 N–H and O–H groups in total. The summed E-state index contributed by atoms with van der Waals surface area (Å²) >= 11 is 3.36. The third kappa shape index (κ3) is 1.30. The second-order valence-corrected chi connectivity index (χ2v) is 3.72. The van der Waals surface area contributed by atoms with Crippen LogP contribution < -0.4 is 0 Å². The van der Waals surface area contributed by atoms with Crippen LogP contribution in [0.3, 0.4) is 0 Å². The van der Waals surface area contributed by atoms with E-state index in [1.165, 1.54) is 11.3 Å². The molecule has 58 valence electrons. The number of rotatable bonds is 0. The van der Waals surface area contributed by atoms with Crippen LogP contribution in [0.5, 0.6) is 0 Å². The summed E-state index contributed by atoms with van der Waals surface area (Å²) in [4.78, 5) is 6.63. The van der Waals surface area contributed by atoms with Crippen LogP contribution in [-0.4, -0.2) is 16.9 Å². The van der Waals surface area contributed by atoms with E-state index >= 15 is 0 Å². The molecule has 2 heterocycles. The third-order valence-corrected chi connectivity index (χ3v) is 2.34. The van der Waals surface area contributed by atoms with Crippen LogP contribution in [0.1, 0.15) is 11.3 Å². The molecule has 0 unspecified atom stereocenters. The van der Waals surface area contributed by atoms with Gasteiger partial charge >= 0.3 is 0 Å². The van der Waals surface area contributed by atoms with Crippen molar-refractivity contribution in [1.29, 1.82) is 0 Å². The van der Waals surface area contributed by atoms with E-state index in [2.05, 4.69) is 38.9 Å². The largest absolute Gasteiger partial charge is 0.296 e. The Bertz CT molecular complexity index is 285. The standard InChI is InChI=1S/C8H9BrN2/c1-11-4-6-2-3-8(9)10-7(6)5-11/h2-3H,4-5H2,1H3. The molecule has 0 atom stereocenters. The molecule has 1 aromatic rings. The Labute approximate surface area is 74.4 Å². The van der Waals surface area contributed by atoms with E-state index in [0.29, 0.717) is 0 Å². The van der Waals surface area contributed by atoms with Crippen molar-refractivity contribution < 1.29 is 0 Å². The van der Waals surface area contributed by atoms with Gasteiger partial charge in [-0.15, -0.1) is 0 Å². The predicted octanol–water partition coefficient (Wildman–Crippen LogP) is 1.79. The number of pyridine rings is 1. The van der Waals surface area contributed by atoms with E-state index in [4.69, 9.17) is 0 Å². The first-order valence-corrected chi connectivity index (χ1v) is 4.38. The van der Waals surface area contributed by atoms with Crippen molar-refractivity contribution in [1.82, 2.24) is 9.88 Å². The van der Waals surface area contributed by atoms with Gasteiger partial charge in [-0.25, -0.2) is 4.98 Å². The molecule has 0 saturated heterocycles. The Balaban J connectivity index is 2.43. The molecule has 2 rings (SSSR count). The maximum Gasteiger partial charge on any atom is 0.106 e. The van der Waals surface area contributed by atoms with Crippen molar-refractivity contribution in [3.63, 3.8) is 0 Å². The molecule has 1 aliphatic rings. The molecule has 0 aliphatic carbocycles. The van der Waals surface area contributed by atoms with Gasteiger partial charge in [0, 0.05) is 13.1 Å². The first-order valence-electron chi connectivity index (χ1n) is 3.58. The van der Waals surface area contributed by atoms with E-state index in [1.54, 1.807) is 0 Å². The summed E-state index contributed by atoms with van der Waals surface area (Å²) in [5.74, 6) is 0. The van der Waals surface area contributed by atoms with Gasteiger partial charge in [0.1, 0.15) is 4.60 Å². The fourth-order valence-electron chi connectivity index (χ4n) is 1.39. The predicted molar refractivity (Wildman–Crippen MR) is 47.1 cm³/mol. The van der Waals surface area contributed by atoms with Gasteiger partial charge in [0.05, 0.1) is 5.69 Å². The molecule has 11 heavy (non-hydrogen) atoms. The van der Waals surface area contributed by atoms with E-state index in [0.717, 1.165) is 17.7 Å². The van der Waals surface area contributed by atoms with Crippen LogP contribution in [0.15, 0.2) is 16.7 Å². The maximum atomic E-state index is 4.38. The molecule has 0 amide bonds. The molecule has 2 nitrogen and oxygen atoms in total. The van der Waals surface area contributed by atoms with E-state index in [9.17, 15) is 0 Å². The molecule has 0 aromatic carbocycles. The van der Waals surface area contributed by atoms with Crippen molar-refractivity contribution in [2.45, 2.75) is 13.1 Å². The monoisotopic (exact) mass is 212 g/mol. The first-order chi connectivity index (χ1) is 5.25. The van der Waals surface area contributed by atoms with Gasteiger partial charge in [0.2, 0.25) is 0 Å². The number of nitrogens with zero attached hydrogens (tertiary/aromatic N) is 2. The molecule has 3 heteroatoms. The zero-order valence-electron chi connectivity index (χ0n) is 6.34. The van der Waals surface area contributed by atoms with Gasteiger partial charge in [-0.3, -0.25) is 4.90 Å². The molecular weight excluding hydrogens is 204 g/mol. The minimum absolute atomic E-state index is 0.937. The fourth-order valence-corrected chi connectivity index (χ4v) is 1.73. The average molecular weight is 213 g/mol. The molecule has 0 saturated carbocycles. The Morgan fingerprint density at radius 3 is 3.09 bits per heavy atom. The van der Waals surface area contributed by atoms with Gasteiger partial charge < -0.3 is 0 Å². The van der Waals surface area contributed by atoms with E-state index in [1.807, 2.05) is 6.07 Å². The SMILES string of the molecule is CN1Cc2ccc(Br)nc2C1. The number of aromatic nitrogens is 1. The van der Waals surface area contributed by atoms with Crippen molar-refractivity contribution in [3.8, 4) is 0 Å². The van der Waals surface area contributed by atoms with Crippen LogP contribution >= 0.6 is 15.9 Å². The highest BCUT2D eigenvalue weighted by molar-refractivity contribution is 9.10. The minimum Gasteiger partial charge on any atom is -0.296 e. The molecule has 0 spiro atoms. The molecule has 0 radical (unpaired) electrons. The first kappa shape index (κ1) is 7.25. The summed E-state index contributed by atoms with van der Waals surface area (Å²) in [7, 11) is 2.11. The second kappa shape index (κ2) is 2.57. The minimum atomic E-state index is 0.937. The van der Waals surface area contributed by atoms with E-state index < -0.39 is 0 Å². The van der Waals surface area contributed by atoms with E-state index in [-0.39, 0.29) is 0 Å². The van der Waals surface area contributed by atoms with Crippen LogP contribution in [-0.2, 0) is 13.1 Å². The summed E-state index contributed by atoms with van der Waals surface area (Å²) < 4.78 is 0.937. The molecule has 0 bridgehead atoms. The van der Waals surface area contributed by atoms with Crippen LogP contribution in [0.2, 0.25) is 0 Å². The molecule has 0 fully saturated rings. The highest BCUT2D eigenvalue weighted by atomic mass is 79.9. The Morgan fingerprint density at radius 1 is 1.45 bits per heavy atom. The second-order valence-electron chi connectivity index (χ2n) is 2.91. The van der Waals surface area contributed by atoms with Gasteiger partial charge in [0.25, 0.3) is 0 Å².